The van der Waals surface area contributed by atoms with Crippen LogP contribution in [-0.4, -0.2) is 52.2 Å². The summed E-state index contributed by atoms with van der Waals surface area (Å²) in [5.41, 5.74) is -0.0502. The van der Waals surface area contributed by atoms with Gasteiger partial charge in [0.1, 0.15) is 0 Å². The summed E-state index contributed by atoms with van der Waals surface area (Å²) in [4.78, 5) is 0. The van der Waals surface area contributed by atoms with Crippen molar-refractivity contribution in [2.75, 3.05) is 40.1 Å². The molecule has 0 saturated heterocycles. The molecule has 0 rings (SSSR count). The van der Waals surface area contributed by atoms with E-state index in [1.54, 1.807) is 7.11 Å². The normalized spacial score (nSPS) is 13.5. The second-order valence-corrected chi connectivity index (χ2v) is 27.6. The molecule has 0 radical (unpaired) electrons. The lowest BCUT2D eigenvalue weighted by atomic mass is 10.1. The molecular weight excluding hydrogens is 605 g/mol. The molecule has 35 heavy (non-hydrogen) atoms. The molecule has 0 aliphatic rings. The monoisotopic (exact) mass is 650 g/mol. The first-order chi connectivity index (χ1) is 16.7. The number of ether oxygens (including phenoxy) is 3. The highest BCUT2D eigenvalue weighted by Crippen LogP contribution is 2.45. The number of rotatable bonds is 27. The van der Waals surface area contributed by atoms with Crippen molar-refractivity contribution in [1.82, 2.24) is 0 Å². The van der Waals surface area contributed by atoms with E-state index in [1.165, 1.54) is 70.6 Å². The molecule has 212 valence electrons. The average Bonchev–Trinajstić information content (AvgIpc) is 2.77. The van der Waals surface area contributed by atoms with Crippen LogP contribution >= 0.6 is 66.5 Å². The van der Waals surface area contributed by atoms with Gasteiger partial charge in [0.15, 0.2) is 0 Å². The van der Waals surface area contributed by atoms with Gasteiger partial charge in [-0.05, 0) is 37.3 Å². The molecule has 0 amide bonds. The topological polar surface area (TPSA) is 27.7 Å². The molecule has 0 aliphatic carbocycles. The van der Waals surface area contributed by atoms with Crippen molar-refractivity contribution in [2.45, 2.75) is 114 Å². The second-order valence-electron chi connectivity index (χ2n) is 9.37. The standard InChI is InChI=1S/C24H48Cl6O3Si2/c1-31-21-22-33-20-16-12-7-3-2-6-10-14-18-32-19-15-11-8-4-5-9-13-17-24(35(28,29)30)23-34(25,26)27/h24H,2-23H2,1H3. The Morgan fingerprint density at radius 2 is 0.857 bits per heavy atom. The Morgan fingerprint density at radius 3 is 1.23 bits per heavy atom. The highest BCUT2D eigenvalue weighted by molar-refractivity contribution is 7.67. The SMILES string of the molecule is COCCOCCCCCCCCCCOCCCCCCCCCC(C[Si](Cl)(Cl)Cl)[Si](Cl)(Cl)Cl. The van der Waals surface area contributed by atoms with Crippen LogP contribution in [0.2, 0.25) is 11.6 Å². The van der Waals surface area contributed by atoms with Crippen molar-refractivity contribution < 1.29 is 14.2 Å². The lowest BCUT2D eigenvalue weighted by molar-refractivity contribution is 0.0685. The molecule has 1 atom stereocenters. The molecule has 0 aliphatic heterocycles. The highest BCUT2D eigenvalue weighted by atomic mass is 35.8. The van der Waals surface area contributed by atoms with Gasteiger partial charge in [0.25, 0.3) is 0 Å². The zero-order valence-electron chi connectivity index (χ0n) is 21.6. The molecule has 1 unspecified atom stereocenters. The summed E-state index contributed by atoms with van der Waals surface area (Å²) in [6.07, 6.45) is 19.4. The molecular formula is C24H48Cl6O3Si2. The minimum absolute atomic E-state index is 0.0502. The van der Waals surface area contributed by atoms with Crippen molar-refractivity contribution in [3.05, 3.63) is 0 Å². The Hall–Kier alpha value is 2.05. The third-order valence-corrected chi connectivity index (χ3v) is 13.0. The highest BCUT2D eigenvalue weighted by Gasteiger charge is 2.42. The van der Waals surface area contributed by atoms with E-state index in [0.29, 0.717) is 19.3 Å². The third kappa shape index (κ3) is 28.9. The molecule has 0 bridgehead atoms. The van der Waals surface area contributed by atoms with Gasteiger partial charge in [-0.2, -0.15) is 0 Å². The average molecular weight is 654 g/mol. The Morgan fingerprint density at radius 1 is 0.486 bits per heavy atom. The van der Waals surface area contributed by atoms with Gasteiger partial charge in [0, 0.05) is 26.9 Å². The van der Waals surface area contributed by atoms with Crippen LogP contribution in [0.4, 0.5) is 0 Å². The van der Waals surface area contributed by atoms with Gasteiger partial charge in [-0.15, -0.1) is 66.5 Å². The fourth-order valence-corrected chi connectivity index (χ4v) is 13.0. The Labute approximate surface area is 245 Å². The molecule has 0 aromatic rings. The molecule has 0 spiro atoms. The van der Waals surface area contributed by atoms with Crippen LogP contribution in [0.25, 0.3) is 0 Å². The van der Waals surface area contributed by atoms with E-state index in [-0.39, 0.29) is 5.54 Å². The van der Waals surface area contributed by atoms with Crippen molar-refractivity contribution in [3.63, 3.8) is 0 Å². The minimum Gasteiger partial charge on any atom is -0.382 e. The van der Waals surface area contributed by atoms with Gasteiger partial charge in [-0.3, -0.25) is 0 Å². The molecule has 0 N–H and O–H groups in total. The zero-order chi connectivity index (χ0) is 26.3. The van der Waals surface area contributed by atoms with E-state index >= 15 is 0 Å². The number of unbranched alkanes of at least 4 members (excludes halogenated alkanes) is 13. The maximum absolute atomic E-state index is 6.20. The fourth-order valence-electron chi connectivity index (χ4n) is 3.95. The quantitative estimate of drug-likeness (QED) is 0.0502. The van der Waals surface area contributed by atoms with Gasteiger partial charge in [-0.1, -0.05) is 77.0 Å². The molecule has 11 heteroatoms. The first kappa shape index (κ1) is 37.1. The summed E-state index contributed by atoms with van der Waals surface area (Å²) < 4.78 is 16.2. The predicted molar refractivity (Wildman–Crippen MR) is 163 cm³/mol. The van der Waals surface area contributed by atoms with Gasteiger partial charge in [-0.25, -0.2) is 0 Å². The summed E-state index contributed by atoms with van der Waals surface area (Å²) in [5, 5.41) is 0. The van der Waals surface area contributed by atoms with Crippen LogP contribution < -0.4 is 0 Å². The summed E-state index contributed by atoms with van der Waals surface area (Å²) >= 11 is 36.7. The maximum Gasteiger partial charge on any atom is 0.344 e. The van der Waals surface area contributed by atoms with E-state index in [1.807, 2.05) is 0 Å². The Kier molecular flexibility index (Phi) is 26.5. The van der Waals surface area contributed by atoms with Crippen LogP contribution in [0.5, 0.6) is 0 Å². The Bertz CT molecular complexity index is 454. The first-order valence-electron chi connectivity index (χ1n) is 13.4. The van der Waals surface area contributed by atoms with Crippen molar-refractivity contribution in [1.29, 1.82) is 0 Å². The summed E-state index contributed by atoms with van der Waals surface area (Å²) in [7, 11) is 1.70. The summed E-state index contributed by atoms with van der Waals surface area (Å²) in [5.74, 6) is 0. The third-order valence-electron chi connectivity index (χ3n) is 6.04. The molecule has 0 saturated carbocycles. The van der Waals surface area contributed by atoms with Gasteiger partial charge >= 0.3 is 12.0 Å². The number of methoxy groups -OCH3 is 1. The predicted octanol–water partition coefficient (Wildman–Crippen LogP) is 10.6. The molecule has 0 aromatic heterocycles. The summed E-state index contributed by atoms with van der Waals surface area (Å²) in [6.45, 7) is 4.07. The van der Waals surface area contributed by atoms with Crippen LogP contribution in [0.3, 0.4) is 0 Å². The minimum atomic E-state index is -2.84. The van der Waals surface area contributed by atoms with Crippen LogP contribution in [-0.2, 0) is 14.2 Å². The second kappa shape index (κ2) is 25.1. The Balaban J connectivity index is 3.31. The smallest absolute Gasteiger partial charge is 0.344 e. The number of halogens is 6. The fraction of sp³-hybridized carbons (Fsp3) is 1.00. The number of hydrogen-bond acceptors (Lipinski definition) is 3. The van der Waals surface area contributed by atoms with E-state index in [2.05, 4.69) is 0 Å². The maximum atomic E-state index is 6.20. The van der Waals surface area contributed by atoms with Crippen LogP contribution in [0.1, 0.15) is 103 Å². The van der Waals surface area contributed by atoms with Gasteiger partial charge < -0.3 is 14.2 Å². The lowest BCUT2D eigenvalue weighted by Crippen LogP contribution is -2.25. The van der Waals surface area contributed by atoms with Gasteiger partial charge in [0.05, 0.1) is 13.2 Å². The lowest BCUT2D eigenvalue weighted by Gasteiger charge is -2.24. The zero-order valence-corrected chi connectivity index (χ0v) is 28.2. The van der Waals surface area contributed by atoms with E-state index in [9.17, 15) is 0 Å². The molecule has 0 aromatic carbocycles. The van der Waals surface area contributed by atoms with Crippen molar-refractivity contribution in [3.8, 4) is 0 Å². The molecule has 3 nitrogen and oxygen atoms in total. The largest absolute Gasteiger partial charge is 0.382 e. The van der Waals surface area contributed by atoms with Crippen LogP contribution in [0.15, 0.2) is 0 Å². The van der Waals surface area contributed by atoms with Crippen molar-refractivity contribution in [2.24, 2.45) is 0 Å². The van der Waals surface area contributed by atoms with E-state index < -0.39 is 12.0 Å². The van der Waals surface area contributed by atoms with Gasteiger partial charge in [0.2, 0.25) is 0 Å². The van der Waals surface area contributed by atoms with Crippen LogP contribution in [0, 0.1) is 0 Å². The number of hydrogen-bond donors (Lipinski definition) is 0. The van der Waals surface area contributed by atoms with Crippen molar-refractivity contribution >= 4 is 78.5 Å². The van der Waals surface area contributed by atoms with E-state index in [4.69, 9.17) is 80.7 Å². The summed E-state index contributed by atoms with van der Waals surface area (Å²) in [6, 6.07) is -5.16. The van der Waals surface area contributed by atoms with E-state index in [0.717, 1.165) is 51.9 Å². The molecule has 0 heterocycles. The first-order valence-corrected chi connectivity index (χ1v) is 23.8. The molecule has 0 fully saturated rings.